The molecule has 0 atom stereocenters. The molecule has 0 radical (unpaired) electrons. The number of amides is 1. The predicted molar refractivity (Wildman–Crippen MR) is 73.2 cm³/mol. The van der Waals surface area contributed by atoms with E-state index in [1.165, 1.54) is 0 Å². The van der Waals surface area contributed by atoms with Crippen molar-refractivity contribution < 1.29 is 14.3 Å². The molecule has 0 saturated heterocycles. The van der Waals surface area contributed by atoms with Crippen molar-refractivity contribution in [3.63, 3.8) is 0 Å². The molecule has 0 spiro atoms. The van der Waals surface area contributed by atoms with Crippen molar-refractivity contribution in [2.24, 2.45) is 0 Å². The number of nitrogens with one attached hydrogen (secondary N) is 1. The van der Waals surface area contributed by atoms with Crippen molar-refractivity contribution in [3.8, 4) is 11.5 Å². The van der Waals surface area contributed by atoms with Crippen LogP contribution < -0.4 is 14.8 Å². The van der Waals surface area contributed by atoms with Gasteiger partial charge in [0.2, 0.25) is 5.91 Å². The van der Waals surface area contributed by atoms with Gasteiger partial charge in [0.25, 0.3) is 0 Å². The number of ether oxygens (including phenoxy) is 2. The number of fused-ring (bicyclic) bond motifs is 1. The summed E-state index contributed by atoms with van der Waals surface area (Å²) in [4.78, 5) is 11.7. The molecule has 2 rings (SSSR count). The van der Waals surface area contributed by atoms with E-state index in [4.69, 9.17) is 9.47 Å². The Bertz CT molecular complexity index is 507. The minimum Gasteiger partial charge on any atom is -0.486 e. The van der Waals surface area contributed by atoms with Crippen molar-refractivity contribution in [2.75, 3.05) is 18.5 Å². The molecular weight excluding hydrogens is 298 g/mol. The van der Waals surface area contributed by atoms with Gasteiger partial charge in [0.05, 0.1) is 5.69 Å². The van der Waals surface area contributed by atoms with Crippen LogP contribution in [0.25, 0.3) is 0 Å². The number of hydrogen-bond donors (Lipinski definition) is 1. The molecule has 1 amide bonds. The smallest absolute Gasteiger partial charge is 0.248 e. The quantitative estimate of drug-likeness (QED) is 0.854. The minimum absolute atomic E-state index is 0.160. The second-order valence-electron chi connectivity index (χ2n) is 4.19. The first-order chi connectivity index (χ1) is 8.56. The number of carbonyl (C=O) groups is 1. The summed E-state index contributed by atoms with van der Waals surface area (Å²) in [5.41, 5.74) is 1.61. The molecule has 1 aliphatic rings. The van der Waals surface area contributed by atoms with E-state index in [0.29, 0.717) is 30.4 Å². The number of halogens is 1. The van der Waals surface area contributed by atoms with Gasteiger partial charge < -0.3 is 14.8 Å². The summed E-state index contributed by atoms with van der Waals surface area (Å²) in [6, 6.07) is 3.56. The maximum Gasteiger partial charge on any atom is 0.248 e. The lowest BCUT2D eigenvalue weighted by atomic mass is 10.2. The Balaban J connectivity index is 2.23. The van der Waals surface area contributed by atoms with Gasteiger partial charge in [-0.05, 0) is 29.8 Å². The summed E-state index contributed by atoms with van der Waals surface area (Å²) < 4.78 is 11.7. The molecule has 0 bridgehead atoms. The molecule has 0 saturated carbocycles. The van der Waals surface area contributed by atoms with Crippen molar-refractivity contribution in [1.29, 1.82) is 0 Å². The number of anilines is 1. The van der Waals surface area contributed by atoms with Gasteiger partial charge in [-0.2, -0.15) is 0 Å². The topological polar surface area (TPSA) is 47.6 Å². The molecule has 0 unspecified atom stereocenters. The monoisotopic (exact) mass is 311 g/mol. The highest BCUT2D eigenvalue weighted by Gasteiger charge is 2.15. The average molecular weight is 312 g/mol. The van der Waals surface area contributed by atoms with E-state index < -0.39 is 0 Å². The van der Waals surface area contributed by atoms with E-state index in [9.17, 15) is 4.79 Å². The Kier molecular flexibility index (Phi) is 3.91. The first-order valence-corrected chi connectivity index (χ1v) is 6.40. The molecule has 0 fully saturated rings. The fourth-order valence-electron chi connectivity index (χ4n) is 1.59. The normalized spacial score (nSPS) is 12.8. The van der Waals surface area contributed by atoms with Crippen LogP contribution in [0.1, 0.15) is 13.8 Å². The lowest BCUT2D eigenvalue weighted by Gasteiger charge is -2.19. The van der Waals surface area contributed by atoms with Gasteiger partial charge in [-0.3, -0.25) is 4.79 Å². The Morgan fingerprint density at radius 1 is 1.28 bits per heavy atom. The highest BCUT2D eigenvalue weighted by atomic mass is 79.9. The van der Waals surface area contributed by atoms with Crippen LogP contribution in [0, 0.1) is 0 Å². The lowest BCUT2D eigenvalue weighted by molar-refractivity contribution is -0.111. The van der Waals surface area contributed by atoms with E-state index in [1.54, 1.807) is 18.2 Å². The summed E-state index contributed by atoms with van der Waals surface area (Å²) in [5.74, 6) is 1.18. The molecular formula is C13H14BrNO3. The van der Waals surface area contributed by atoms with Crippen molar-refractivity contribution in [3.05, 3.63) is 28.3 Å². The standard InChI is InChI=1S/C13H14BrNO3/c1-8(2)5-13(16)15-10-7-12-11(6-9(10)14)17-3-4-18-12/h5-7H,3-4H2,1-2H3,(H,15,16). The van der Waals surface area contributed by atoms with E-state index in [2.05, 4.69) is 21.2 Å². The zero-order valence-electron chi connectivity index (χ0n) is 10.2. The zero-order chi connectivity index (χ0) is 13.1. The molecule has 5 heteroatoms. The van der Waals surface area contributed by atoms with E-state index in [-0.39, 0.29) is 5.91 Å². The molecule has 1 heterocycles. The van der Waals surface area contributed by atoms with Gasteiger partial charge in [-0.1, -0.05) is 5.57 Å². The first-order valence-electron chi connectivity index (χ1n) is 5.61. The second-order valence-corrected chi connectivity index (χ2v) is 5.04. The Labute approximate surface area is 114 Å². The largest absolute Gasteiger partial charge is 0.486 e. The van der Waals surface area contributed by atoms with Crippen LogP contribution in [0.4, 0.5) is 5.69 Å². The van der Waals surface area contributed by atoms with Crippen LogP contribution in [-0.2, 0) is 4.79 Å². The van der Waals surface area contributed by atoms with Gasteiger partial charge >= 0.3 is 0 Å². The van der Waals surface area contributed by atoms with Crippen LogP contribution in [-0.4, -0.2) is 19.1 Å². The minimum atomic E-state index is -0.160. The molecule has 0 aromatic heterocycles. The van der Waals surface area contributed by atoms with E-state index in [0.717, 1.165) is 10.0 Å². The third-order valence-corrected chi connectivity index (χ3v) is 2.97. The molecule has 4 nitrogen and oxygen atoms in total. The number of hydrogen-bond acceptors (Lipinski definition) is 3. The Hall–Kier alpha value is -1.49. The van der Waals surface area contributed by atoms with Crippen LogP contribution in [0.5, 0.6) is 11.5 Å². The SMILES string of the molecule is CC(C)=CC(=O)Nc1cc2c(cc1Br)OCCO2. The van der Waals surface area contributed by atoms with Gasteiger partial charge in [0.1, 0.15) is 13.2 Å². The summed E-state index contributed by atoms with van der Waals surface area (Å²) in [5, 5.41) is 2.79. The molecule has 1 aromatic rings. The second kappa shape index (κ2) is 5.44. The third-order valence-electron chi connectivity index (χ3n) is 2.31. The van der Waals surface area contributed by atoms with Crippen LogP contribution in [0.15, 0.2) is 28.3 Å². The predicted octanol–water partition coefficient (Wildman–Crippen LogP) is 3.13. The number of benzene rings is 1. The first kappa shape index (κ1) is 13.0. The number of allylic oxidation sites excluding steroid dienone is 1. The third kappa shape index (κ3) is 3.04. The molecule has 96 valence electrons. The molecule has 0 aliphatic carbocycles. The van der Waals surface area contributed by atoms with E-state index >= 15 is 0 Å². The Morgan fingerprint density at radius 3 is 2.50 bits per heavy atom. The van der Waals surface area contributed by atoms with Crippen LogP contribution >= 0.6 is 15.9 Å². The molecule has 1 N–H and O–H groups in total. The average Bonchev–Trinajstić information content (AvgIpc) is 2.29. The lowest BCUT2D eigenvalue weighted by Crippen LogP contribution is -2.16. The van der Waals surface area contributed by atoms with Gasteiger partial charge in [-0.15, -0.1) is 0 Å². The van der Waals surface area contributed by atoms with Crippen molar-refractivity contribution in [1.82, 2.24) is 0 Å². The highest BCUT2D eigenvalue weighted by molar-refractivity contribution is 9.10. The number of carbonyl (C=O) groups excluding carboxylic acids is 1. The van der Waals surface area contributed by atoms with Crippen molar-refractivity contribution >= 4 is 27.5 Å². The fourth-order valence-corrected chi connectivity index (χ4v) is 2.01. The van der Waals surface area contributed by atoms with Gasteiger partial charge in [-0.25, -0.2) is 0 Å². The van der Waals surface area contributed by atoms with Crippen LogP contribution in [0.3, 0.4) is 0 Å². The molecule has 1 aliphatic heterocycles. The van der Waals surface area contributed by atoms with Crippen LogP contribution in [0.2, 0.25) is 0 Å². The van der Waals surface area contributed by atoms with E-state index in [1.807, 2.05) is 13.8 Å². The summed E-state index contributed by atoms with van der Waals surface area (Å²) in [6.45, 7) is 4.82. The van der Waals surface area contributed by atoms with Gasteiger partial charge in [0, 0.05) is 22.7 Å². The maximum atomic E-state index is 11.7. The molecule has 1 aromatic carbocycles. The summed E-state index contributed by atoms with van der Waals surface area (Å²) in [7, 11) is 0. The Morgan fingerprint density at radius 2 is 1.89 bits per heavy atom. The fraction of sp³-hybridized carbons (Fsp3) is 0.308. The van der Waals surface area contributed by atoms with Gasteiger partial charge in [0.15, 0.2) is 11.5 Å². The van der Waals surface area contributed by atoms with Crippen molar-refractivity contribution in [2.45, 2.75) is 13.8 Å². The summed E-state index contributed by atoms with van der Waals surface area (Å²) >= 11 is 3.40. The number of rotatable bonds is 2. The summed E-state index contributed by atoms with van der Waals surface area (Å²) in [6.07, 6.45) is 1.54. The zero-order valence-corrected chi connectivity index (χ0v) is 11.8. The highest BCUT2D eigenvalue weighted by Crippen LogP contribution is 2.38. The molecule has 18 heavy (non-hydrogen) atoms. The maximum absolute atomic E-state index is 11.7.